The summed E-state index contributed by atoms with van der Waals surface area (Å²) in [6.07, 6.45) is 2.56. The van der Waals surface area contributed by atoms with Gasteiger partial charge in [-0.1, -0.05) is 0 Å². The van der Waals surface area contributed by atoms with E-state index in [1.54, 1.807) is 13.8 Å². The number of hydrogen-bond acceptors (Lipinski definition) is 4. The summed E-state index contributed by atoms with van der Waals surface area (Å²) in [5.74, 6) is 0. The van der Waals surface area contributed by atoms with Crippen LogP contribution in [0.5, 0.6) is 0 Å². The SMILES string of the molecule is Brc1nn([B-](n2nc(Br)c(Br)c2Br)n2nc(Br)c(Br)c2Br)c(Br)c1Br.C1CCOC1.[Ag+]. The predicted molar refractivity (Wildman–Crippen MR) is 148 cm³/mol. The normalized spacial score (nSPS) is 13.4. The number of hydrogen-bond donors (Lipinski definition) is 0. The molecule has 3 aromatic heterocycles. The Hall–Kier alpha value is 2.72. The Morgan fingerprint density at radius 2 is 0.871 bits per heavy atom. The van der Waals surface area contributed by atoms with Crippen molar-refractivity contribution in [2.24, 2.45) is 0 Å². The molecule has 1 aliphatic heterocycles. The molecule has 0 aromatic carbocycles. The second-order valence-corrected chi connectivity index (χ2v) is 12.6. The van der Waals surface area contributed by atoms with Crippen LogP contribution < -0.4 is 0 Å². The predicted octanol–water partition coefficient (Wildman–Crippen LogP) is 7.86. The number of ether oxygens (including phenoxy) is 1. The smallest absolute Gasteiger partial charge is 0.411 e. The first-order chi connectivity index (χ1) is 14.1. The van der Waals surface area contributed by atoms with Crippen LogP contribution in [0.25, 0.3) is 0 Å². The average molecular weight is 1100 g/mol. The van der Waals surface area contributed by atoms with Gasteiger partial charge in [0.1, 0.15) is 13.8 Å². The largest absolute Gasteiger partial charge is 1.00 e. The van der Waals surface area contributed by atoms with E-state index < -0.39 is 7.12 Å². The van der Waals surface area contributed by atoms with Crippen molar-refractivity contribution in [2.75, 3.05) is 13.2 Å². The number of rotatable bonds is 3. The van der Waals surface area contributed by atoms with E-state index in [1.807, 2.05) is 0 Å². The maximum absolute atomic E-state index is 4.94. The van der Waals surface area contributed by atoms with Gasteiger partial charge in [-0.25, -0.2) is 15.3 Å². The molecule has 1 aliphatic rings. The van der Waals surface area contributed by atoms with Crippen LogP contribution in [-0.4, -0.2) is 49.4 Å². The van der Waals surface area contributed by atoms with Crippen molar-refractivity contribution in [1.29, 1.82) is 0 Å². The fourth-order valence-electron chi connectivity index (χ4n) is 2.38. The number of halogens is 9. The Morgan fingerprint density at radius 3 is 1.03 bits per heavy atom. The van der Waals surface area contributed by atoms with Crippen molar-refractivity contribution in [1.82, 2.24) is 29.1 Å². The van der Waals surface area contributed by atoms with Gasteiger partial charge in [-0.3, -0.25) is 0 Å². The Bertz CT molecular complexity index is 937. The molecule has 0 spiro atoms. The maximum atomic E-state index is 4.94. The van der Waals surface area contributed by atoms with Crippen molar-refractivity contribution >= 4 is 150 Å². The van der Waals surface area contributed by atoms with Gasteiger partial charge in [-0.15, -0.1) is 0 Å². The molecule has 4 heterocycles. The van der Waals surface area contributed by atoms with Gasteiger partial charge < -0.3 is 18.5 Å². The first-order valence-electron chi connectivity index (χ1n) is 7.99. The number of aromatic nitrogens is 6. The van der Waals surface area contributed by atoms with Gasteiger partial charge in [0.15, 0.2) is 0 Å². The Balaban J connectivity index is 0.000000501. The minimum absolute atomic E-state index is 0. The molecule has 3 aromatic rings. The molecule has 0 amide bonds. The molecule has 1 fully saturated rings. The van der Waals surface area contributed by atoms with Gasteiger partial charge in [-0.2, -0.15) is 0 Å². The molecule has 0 unspecified atom stereocenters. The summed E-state index contributed by atoms with van der Waals surface area (Å²) in [4.78, 5) is 0. The second-order valence-electron chi connectivity index (χ2n) is 5.69. The molecule has 1 radical (unpaired) electrons. The molecule has 0 aliphatic carbocycles. The molecule has 4 rings (SSSR count). The first-order valence-corrected chi connectivity index (χ1v) is 15.1. The summed E-state index contributed by atoms with van der Waals surface area (Å²) in [6, 6.07) is 0. The maximum Gasteiger partial charge on any atom is 1.00 e. The van der Waals surface area contributed by atoms with Crippen LogP contribution in [-0.2, 0) is 27.1 Å². The standard InChI is InChI=1S/C9BBr9N6.C4H8O.Ag/c11-1-4(14)20-23(7(1)17)10(24-8(18)2(12)5(15)21-24)25-9(19)3(13)6(16)22-25;1-2-4-5-3-1;/h;1-4H2;/q-1;;+1. The van der Waals surface area contributed by atoms with Gasteiger partial charge >= 0.3 is 22.4 Å². The second kappa shape index (κ2) is 13.3. The van der Waals surface area contributed by atoms with Crippen LogP contribution >= 0.6 is 143 Å². The van der Waals surface area contributed by atoms with E-state index in [4.69, 9.17) is 4.74 Å². The van der Waals surface area contributed by atoms with E-state index in [0.717, 1.165) is 26.6 Å². The molecular weight excluding hydrogens is 1090 g/mol. The molecule has 31 heavy (non-hydrogen) atoms. The zero-order valence-electron chi connectivity index (χ0n) is 14.7. The summed E-state index contributed by atoms with van der Waals surface area (Å²) >= 11 is 31.4. The monoisotopic (exact) mass is 1090 g/mol. The van der Waals surface area contributed by atoms with Crippen molar-refractivity contribution in [3.63, 3.8) is 0 Å². The minimum Gasteiger partial charge on any atom is -0.411 e. The third kappa shape index (κ3) is 6.73. The molecular formula is C13H8AgBBr9N6O. The van der Waals surface area contributed by atoms with E-state index in [1.165, 1.54) is 12.8 Å². The van der Waals surface area contributed by atoms with Crippen LogP contribution in [0, 0.1) is 0 Å². The molecule has 0 atom stereocenters. The summed E-state index contributed by atoms with van der Waals surface area (Å²) in [5, 5.41) is 13.6. The van der Waals surface area contributed by atoms with Crippen LogP contribution in [0.1, 0.15) is 12.8 Å². The quantitative estimate of drug-likeness (QED) is 0.251. The van der Waals surface area contributed by atoms with Gasteiger partial charge in [0.2, 0.25) is 0 Å². The van der Waals surface area contributed by atoms with Gasteiger partial charge in [-0.05, 0) is 156 Å². The van der Waals surface area contributed by atoms with Crippen molar-refractivity contribution in [3.8, 4) is 0 Å². The zero-order chi connectivity index (χ0) is 22.2. The summed E-state index contributed by atoms with van der Waals surface area (Å²) < 4.78 is 16.5. The van der Waals surface area contributed by atoms with Crippen molar-refractivity contribution in [3.05, 3.63) is 41.0 Å². The Morgan fingerprint density at radius 1 is 0.581 bits per heavy atom. The summed E-state index contributed by atoms with van der Waals surface area (Å²) in [7, 11) is -0.564. The van der Waals surface area contributed by atoms with Crippen molar-refractivity contribution < 1.29 is 27.1 Å². The average Bonchev–Trinajstić information content (AvgIpc) is 3.48. The first kappa shape index (κ1) is 29.9. The molecule has 0 N–H and O–H groups in total. The topological polar surface area (TPSA) is 62.7 Å². The minimum atomic E-state index is -0.564. The third-order valence-electron chi connectivity index (χ3n) is 3.76. The van der Waals surface area contributed by atoms with E-state index >= 15 is 0 Å². The molecule has 0 bridgehead atoms. The zero-order valence-corrected chi connectivity index (χ0v) is 30.5. The van der Waals surface area contributed by atoms with E-state index in [0.29, 0.717) is 27.6 Å². The Labute approximate surface area is 269 Å². The van der Waals surface area contributed by atoms with Crippen LogP contribution in [0.3, 0.4) is 0 Å². The molecule has 7 nitrogen and oxygen atoms in total. The van der Waals surface area contributed by atoms with Crippen LogP contribution in [0.15, 0.2) is 41.0 Å². The molecule has 0 saturated carbocycles. The number of nitrogens with zero attached hydrogens (tertiary/aromatic N) is 6. The van der Waals surface area contributed by atoms with Gasteiger partial charge in [0, 0.05) is 13.2 Å². The van der Waals surface area contributed by atoms with E-state index in [-0.39, 0.29) is 22.4 Å². The van der Waals surface area contributed by atoms with E-state index in [9.17, 15) is 0 Å². The van der Waals surface area contributed by atoms with Gasteiger partial charge in [0.05, 0.1) is 27.2 Å². The fraction of sp³-hybridized carbons (Fsp3) is 0.308. The van der Waals surface area contributed by atoms with Gasteiger partial charge in [0.25, 0.3) is 7.12 Å². The van der Waals surface area contributed by atoms with Crippen LogP contribution in [0.4, 0.5) is 0 Å². The fourth-order valence-corrected chi connectivity index (χ4v) is 6.39. The molecule has 18 heteroatoms. The molecule has 1 saturated heterocycles. The van der Waals surface area contributed by atoms with Crippen LogP contribution in [0.2, 0.25) is 0 Å². The van der Waals surface area contributed by atoms with E-state index in [2.05, 4.69) is 159 Å². The summed E-state index contributed by atoms with van der Waals surface area (Å²) in [5.41, 5.74) is 0. The summed E-state index contributed by atoms with van der Waals surface area (Å²) in [6.45, 7) is 2.00. The Kier molecular flexibility index (Phi) is 12.9. The van der Waals surface area contributed by atoms with Crippen molar-refractivity contribution in [2.45, 2.75) is 12.8 Å². The third-order valence-corrected chi connectivity index (χ3v) is 13.2. The molecule has 173 valence electrons.